The molecule has 61 valence electrons. The van der Waals surface area contributed by atoms with Crippen molar-refractivity contribution in [3.8, 4) is 0 Å². The maximum Gasteiger partial charge on any atom is 0.217 e. The molecule has 0 spiro atoms. The Hall–Kier alpha value is -0.606. The molecule has 0 saturated carbocycles. The Labute approximate surface area is 95.4 Å². The van der Waals surface area contributed by atoms with Crippen molar-refractivity contribution >= 4 is 5.69 Å². The van der Waals surface area contributed by atoms with Gasteiger partial charge in [0.1, 0.15) is 0 Å². The van der Waals surface area contributed by atoms with Gasteiger partial charge in [0, 0.05) is 37.6 Å². The third-order valence-corrected chi connectivity index (χ3v) is 1.26. The summed E-state index contributed by atoms with van der Waals surface area (Å²) in [5.74, 6) is 0. The third-order valence-electron chi connectivity index (χ3n) is 1.26. The van der Waals surface area contributed by atoms with Crippen molar-refractivity contribution in [2.24, 2.45) is 0 Å². The van der Waals surface area contributed by atoms with E-state index in [0.29, 0.717) is 11.3 Å². The van der Waals surface area contributed by atoms with E-state index in [1.54, 1.807) is 0 Å². The Bertz CT molecular complexity index is 301. The van der Waals surface area contributed by atoms with Gasteiger partial charge in [0.05, 0.1) is 6.20 Å². The number of nitrogens with zero attached hydrogens (tertiary/aromatic N) is 2. The zero-order valence-corrected chi connectivity index (χ0v) is 9.20. The Morgan fingerprint density at radius 2 is 2.08 bits per heavy atom. The van der Waals surface area contributed by atoms with E-state index in [1.165, 1.54) is 6.07 Å². The van der Waals surface area contributed by atoms with E-state index in [1.807, 2.05) is 0 Å². The molecule has 4 nitrogen and oxygen atoms in total. The van der Waals surface area contributed by atoms with Crippen molar-refractivity contribution in [3.63, 3.8) is 0 Å². The SMILES string of the molecule is [CH2-]c1cc([N+](=O)[O-])cnc1[CH2-].[Y]. The van der Waals surface area contributed by atoms with E-state index in [-0.39, 0.29) is 38.4 Å². The molecule has 0 aromatic carbocycles. The van der Waals surface area contributed by atoms with Crippen LogP contribution in [0.2, 0.25) is 0 Å². The summed E-state index contributed by atoms with van der Waals surface area (Å²) in [4.78, 5) is 13.4. The minimum Gasteiger partial charge on any atom is -0.353 e. The number of pyridine rings is 1. The third kappa shape index (κ3) is 2.46. The number of aromatic nitrogens is 1. The predicted octanol–water partition coefficient (Wildman–Crippen LogP) is 1.35. The molecule has 0 aliphatic carbocycles. The van der Waals surface area contributed by atoms with Gasteiger partial charge in [0.15, 0.2) is 0 Å². The van der Waals surface area contributed by atoms with Crippen LogP contribution in [0, 0.1) is 24.0 Å². The molecular weight excluding hydrogens is 233 g/mol. The first-order valence-corrected chi connectivity index (χ1v) is 2.89. The summed E-state index contributed by atoms with van der Waals surface area (Å²) in [6.07, 6.45) is 1.16. The van der Waals surface area contributed by atoms with Crippen LogP contribution >= 0.6 is 0 Å². The largest absolute Gasteiger partial charge is 0.353 e. The monoisotopic (exact) mass is 239 g/mol. The first-order chi connectivity index (χ1) is 5.11. The second kappa shape index (κ2) is 4.43. The predicted molar refractivity (Wildman–Crippen MR) is 39.8 cm³/mol. The quantitative estimate of drug-likeness (QED) is 0.422. The molecule has 0 aliphatic rings. The summed E-state index contributed by atoms with van der Waals surface area (Å²) < 4.78 is 0. The standard InChI is InChI=1S/C7H6N2O2.Y/c1-5-3-7(9(10)11)4-8-6(5)2;/h3-4H,1-2H2;/q-2;. The Morgan fingerprint density at radius 1 is 1.50 bits per heavy atom. The molecule has 0 bridgehead atoms. The van der Waals surface area contributed by atoms with Gasteiger partial charge in [-0.15, -0.1) is 0 Å². The van der Waals surface area contributed by atoms with E-state index in [2.05, 4.69) is 18.8 Å². The smallest absolute Gasteiger partial charge is 0.217 e. The Balaban J connectivity index is 0.00000121. The summed E-state index contributed by atoms with van der Waals surface area (Å²) in [6.45, 7) is 7.06. The molecule has 1 aromatic rings. The average molecular weight is 239 g/mol. The molecular formula is C7H6N2O2Y-2. The number of nitro groups is 1. The molecule has 12 heavy (non-hydrogen) atoms. The van der Waals surface area contributed by atoms with Crippen molar-refractivity contribution in [1.82, 2.24) is 4.98 Å². The van der Waals surface area contributed by atoms with E-state index >= 15 is 0 Å². The van der Waals surface area contributed by atoms with Crippen LogP contribution < -0.4 is 0 Å². The molecule has 0 atom stereocenters. The molecule has 1 heterocycles. The molecule has 1 rings (SSSR count). The van der Waals surface area contributed by atoms with Gasteiger partial charge in [-0.25, -0.2) is 5.69 Å². The first-order valence-electron chi connectivity index (χ1n) is 2.89. The van der Waals surface area contributed by atoms with Crippen LogP contribution in [0.3, 0.4) is 0 Å². The number of hydrogen-bond acceptors (Lipinski definition) is 3. The Morgan fingerprint density at radius 3 is 2.50 bits per heavy atom. The van der Waals surface area contributed by atoms with Crippen LogP contribution in [0.15, 0.2) is 12.3 Å². The summed E-state index contributed by atoms with van der Waals surface area (Å²) in [6, 6.07) is 1.34. The fourth-order valence-electron chi connectivity index (χ4n) is 0.626. The van der Waals surface area contributed by atoms with Gasteiger partial charge in [-0.05, 0) is 0 Å². The van der Waals surface area contributed by atoms with Gasteiger partial charge in [0.25, 0.3) is 0 Å². The van der Waals surface area contributed by atoms with Gasteiger partial charge in [-0.1, -0.05) is 0 Å². The average Bonchev–Trinajstić information content (AvgIpc) is 1.94. The van der Waals surface area contributed by atoms with Crippen LogP contribution in [0.5, 0.6) is 0 Å². The van der Waals surface area contributed by atoms with Crippen molar-refractivity contribution in [3.05, 3.63) is 47.5 Å². The Kier molecular flexibility index (Phi) is 4.20. The van der Waals surface area contributed by atoms with Crippen molar-refractivity contribution in [1.29, 1.82) is 0 Å². The second-order valence-electron chi connectivity index (χ2n) is 2.06. The molecule has 0 saturated heterocycles. The van der Waals surface area contributed by atoms with Crippen LogP contribution in [-0.4, -0.2) is 9.91 Å². The van der Waals surface area contributed by atoms with E-state index in [4.69, 9.17) is 0 Å². The van der Waals surface area contributed by atoms with Gasteiger partial charge in [0.2, 0.25) is 5.69 Å². The van der Waals surface area contributed by atoms with Gasteiger partial charge in [-0.3, -0.25) is 24.0 Å². The van der Waals surface area contributed by atoms with E-state index < -0.39 is 4.92 Å². The van der Waals surface area contributed by atoms with Crippen LogP contribution in [0.25, 0.3) is 0 Å². The summed E-state index contributed by atoms with van der Waals surface area (Å²) in [7, 11) is 0. The molecule has 0 N–H and O–H groups in total. The van der Waals surface area contributed by atoms with Crippen LogP contribution in [0.1, 0.15) is 11.3 Å². The minimum atomic E-state index is -0.513. The van der Waals surface area contributed by atoms with E-state index in [0.717, 1.165) is 6.20 Å². The van der Waals surface area contributed by atoms with Crippen molar-refractivity contribution < 1.29 is 37.6 Å². The number of rotatable bonds is 1. The summed E-state index contributed by atoms with van der Waals surface area (Å²) in [5, 5.41) is 10.2. The maximum absolute atomic E-state index is 10.2. The summed E-state index contributed by atoms with van der Waals surface area (Å²) >= 11 is 0. The maximum atomic E-state index is 10.2. The van der Waals surface area contributed by atoms with Gasteiger partial charge in [-0.2, -0.15) is 6.07 Å². The van der Waals surface area contributed by atoms with E-state index in [9.17, 15) is 10.1 Å². The molecule has 0 amide bonds. The summed E-state index contributed by atoms with van der Waals surface area (Å²) in [5.41, 5.74) is 0.900. The minimum absolute atomic E-state index is 0. The number of hydrogen-bond donors (Lipinski definition) is 0. The van der Waals surface area contributed by atoms with Crippen LogP contribution in [0.4, 0.5) is 5.69 Å². The fourth-order valence-corrected chi connectivity index (χ4v) is 0.626. The first kappa shape index (κ1) is 11.4. The molecule has 1 radical (unpaired) electrons. The topological polar surface area (TPSA) is 56.0 Å². The zero-order valence-electron chi connectivity index (χ0n) is 6.36. The van der Waals surface area contributed by atoms with Gasteiger partial charge < -0.3 is 10.5 Å². The van der Waals surface area contributed by atoms with Crippen LogP contribution in [-0.2, 0) is 32.7 Å². The fraction of sp³-hybridized carbons (Fsp3) is 0. The zero-order chi connectivity index (χ0) is 8.43. The van der Waals surface area contributed by atoms with Crippen molar-refractivity contribution in [2.75, 3.05) is 0 Å². The molecule has 0 fully saturated rings. The molecule has 1 aromatic heterocycles. The second-order valence-corrected chi connectivity index (χ2v) is 2.06. The molecule has 0 aliphatic heterocycles. The van der Waals surface area contributed by atoms with Gasteiger partial charge >= 0.3 is 0 Å². The molecule has 5 heteroatoms. The van der Waals surface area contributed by atoms with Crippen molar-refractivity contribution in [2.45, 2.75) is 0 Å². The normalized spacial score (nSPS) is 8.67. The molecule has 0 unspecified atom stereocenters.